The van der Waals surface area contributed by atoms with Crippen molar-refractivity contribution in [3.05, 3.63) is 87.6 Å². The van der Waals surface area contributed by atoms with Crippen molar-refractivity contribution >= 4 is 45.9 Å². The molecular weight excluding hydrogens is 434 g/mol. The number of anilines is 1. The zero-order valence-corrected chi connectivity index (χ0v) is 18.0. The van der Waals surface area contributed by atoms with Gasteiger partial charge in [0.25, 0.3) is 5.56 Å². The summed E-state index contributed by atoms with van der Waals surface area (Å²) in [6.07, 6.45) is 2.41. The molecule has 2 aromatic carbocycles. The van der Waals surface area contributed by atoms with Crippen molar-refractivity contribution in [2.45, 2.75) is 18.1 Å². The van der Waals surface area contributed by atoms with Crippen molar-refractivity contribution < 1.29 is 9.21 Å². The number of furan rings is 1. The first-order valence-electron chi connectivity index (χ1n) is 9.84. The number of hydrogen-bond acceptors (Lipinski definition) is 5. The molecule has 0 saturated heterocycles. The second-order valence-corrected chi connectivity index (χ2v) is 8.62. The Balaban J connectivity index is 1.47. The van der Waals surface area contributed by atoms with E-state index >= 15 is 0 Å². The van der Waals surface area contributed by atoms with E-state index in [1.54, 1.807) is 46.1 Å². The minimum atomic E-state index is -0.195. The summed E-state index contributed by atoms with van der Waals surface area (Å²) in [7, 11) is 0. The van der Waals surface area contributed by atoms with Gasteiger partial charge < -0.3 is 9.32 Å². The highest BCUT2D eigenvalue weighted by Gasteiger charge is 2.25. The predicted octanol–water partition coefficient (Wildman–Crippen LogP) is 4.37. The van der Waals surface area contributed by atoms with Crippen LogP contribution in [0.3, 0.4) is 0 Å². The Morgan fingerprint density at radius 2 is 2.03 bits per heavy atom. The fraction of sp³-hybridized carbons (Fsp3) is 0.174. The van der Waals surface area contributed by atoms with Crippen LogP contribution in [0.4, 0.5) is 5.69 Å². The fourth-order valence-electron chi connectivity index (χ4n) is 3.78. The number of hydrogen-bond donors (Lipinski definition) is 0. The van der Waals surface area contributed by atoms with E-state index in [2.05, 4.69) is 4.98 Å². The number of amides is 1. The maximum Gasteiger partial charge on any atom is 0.262 e. The highest BCUT2D eigenvalue weighted by Crippen LogP contribution is 2.29. The molecule has 0 atom stereocenters. The molecule has 0 saturated carbocycles. The number of aromatic nitrogens is 2. The first-order valence-corrected chi connectivity index (χ1v) is 11.2. The van der Waals surface area contributed by atoms with E-state index in [0.29, 0.717) is 33.4 Å². The predicted molar refractivity (Wildman–Crippen MR) is 122 cm³/mol. The average molecular weight is 452 g/mol. The second-order valence-electron chi connectivity index (χ2n) is 7.24. The molecule has 5 rings (SSSR count). The summed E-state index contributed by atoms with van der Waals surface area (Å²) in [6.45, 7) is 0.902. The maximum absolute atomic E-state index is 13.2. The Morgan fingerprint density at radius 3 is 2.87 bits per heavy atom. The lowest BCUT2D eigenvalue weighted by atomic mass is 10.2. The number of para-hydroxylation sites is 1. The highest BCUT2D eigenvalue weighted by molar-refractivity contribution is 7.99. The molecule has 1 aliphatic heterocycles. The maximum atomic E-state index is 13.2. The molecule has 4 aromatic rings. The Hall–Kier alpha value is -3.03. The smallest absolute Gasteiger partial charge is 0.262 e. The quantitative estimate of drug-likeness (QED) is 0.333. The number of fused-ring (bicyclic) bond motifs is 2. The van der Waals surface area contributed by atoms with Gasteiger partial charge >= 0.3 is 0 Å². The summed E-state index contributed by atoms with van der Waals surface area (Å²) in [5.74, 6) is 0.796. The molecule has 1 amide bonds. The van der Waals surface area contributed by atoms with Crippen LogP contribution in [0.5, 0.6) is 0 Å². The van der Waals surface area contributed by atoms with Gasteiger partial charge in [-0.3, -0.25) is 14.2 Å². The van der Waals surface area contributed by atoms with Crippen LogP contribution in [0.15, 0.2) is 75.2 Å². The van der Waals surface area contributed by atoms with Crippen molar-refractivity contribution in [2.75, 3.05) is 17.2 Å². The van der Waals surface area contributed by atoms with Crippen LogP contribution in [0, 0.1) is 0 Å². The molecule has 6 nitrogen and oxygen atoms in total. The van der Waals surface area contributed by atoms with Crippen molar-refractivity contribution in [1.29, 1.82) is 0 Å². The van der Waals surface area contributed by atoms with Crippen molar-refractivity contribution in [1.82, 2.24) is 9.55 Å². The third-order valence-electron chi connectivity index (χ3n) is 5.29. The SMILES string of the molecule is O=C(CSc1nc2cc(Cl)ccc2c(=O)n1Cc1ccco1)N1CCc2ccccc21. The molecule has 0 N–H and O–H groups in total. The van der Waals surface area contributed by atoms with E-state index in [1.165, 1.54) is 17.3 Å². The summed E-state index contributed by atoms with van der Waals surface area (Å²) >= 11 is 7.36. The minimum absolute atomic E-state index is 0.0139. The molecule has 156 valence electrons. The summed E-state index contributed by atoms with van der Waals surface area (Å²) in [6, 6.07) is 16.5. The number of thioether (sulfide) groups is 1. The largest absolute Gasteiger partial charge is 0.467 e. The number of nitrogens with zero attached hydrogens (tertiary/aromatic N) is 3. The Kier molecular flexibility index (Phi) is 5.29. The van der Waals surface area contributed by atoms with Crippen LogP contribution in [0.25, 0.3) is 10.9 Å². The van der Waals surface area contributed by atoms with Gasteiger partial charge in [0.2, 0.25) is 5.91 Å². The number of carbonyl (C=O) groups is 1. The number of rotatable bonds is 5. The zero-order chi connectivity index (χ0) is 21.4. The van der Waals surface area contributed by atoms with Crippen LogP contribution in [-0.4, -0.2) is 27.8 Å². The number of carbonyl (C=O) groups excluding carboxylic acids is 1. The van der Waals surface area contributed by atoms with Crippen LogP contribution in [0.2, 0.25) is 5.02 Å². The lowest BCUT2D eigenvalue weighted by molar-refractivity contribution is -0.116. The topological polar surface area (TPSA) is 68.3 Å². The monoisotopic (exact) mass is 451 g/mol. The van der Waals surface area contributed by atoms with E-state index in [-0.39, 0.29) is 23.8 Å². The van der Waals surface area contributed by atoms with E-state index in [9.17, 15) is 9.59 Å². The molecule has 0 fully saturated rings. The minimum Gasteiger partial charge on any atom is -0.467 e. The van der Waals surface area contributed by atoms with Gasteiger partial charge in [0.1, 0.15) is 5.76 Å². The molecule has 2 aromatic heterocycles. The van der Waals surface area contributed by atoms with Gasteiger partial charge in [-0.15, -0.1) is 0 Å². The highest BCUT2D eigenvalue weighted by atomic mass is 35.5. The van der Waals surface area contributed by atoms with E-state index < -0.39 is 0 Å². The van der Waals surface area contributed by atoms with Crippen LogP contribution in [0.1, 0.15) is 11.3 Å². The van der Waals surface area contributed by atoms with Gasteiger partial charge in [0, 0.05) is 17.3 Å². The lowest BCUT2D eigenvalue weighted by Crippen LogP contribution is -2.31. The van der Waals surface area contributed by atoms with Crippen molar-refractivity contribution in [3.8, 4) is 0 Å². The summed E-state index contributed by atoms with van der Waals surface area (Å²) < 4.78 is 6.98. The van der Waals surface area contributed by atoms with Gasteiger partial charge in [0.15, 0.2) is 5.16 Å². The Labute approximate surface area is 187 Å². The molecule has 0 aliphatic carbocycles. The van der Waals surface area contributed by atoms with Gasteiger partial charge in [0.05, 0.1) is 29.5 Å². The third kappa shape index (κ3) is 3.86. The van der Waals surface area contributed by atoms with Gasteiger partial charge in [-0.2, -0.15) is 0 Å². The molecular formula is C23H18ClN3O3S. The third-order valence-corrected chi connectivity index (χ3v) is 6.49. The standard InChI is InChI=1S/C23H18ClN3O3S/c24-16-7-8-18-19(12-16)25-23(27(22(18)29)13-17-5-3-11-30-17)31-14-21(28)26-10-9-15-4-1-2-6-20(15)26/h1-8,11-12H,9-10,13-14H2. The number of benzene rings is 2. The van der Waals surface area contributed by atoms with E-state index in [4.69, 9.17) is 16.0 Å². The van der Waals surface area contributed by atoms with Crippen molar-refractivity contribution in [2.24, 2.45) is 0 Å². The van der Waals surface area contributed by atoms with Gasteiger partial charge in [-0.05, 0) is 48.4 Å². The fourth-order valence-corrected chi connectivity index (χ4v) is 4.82. The van der Waals surface area contributed by atoms with E-state index in [0.717, 1.165) is 12.1 Å². The molecule has 1 aliphatic rings. The summed E-state index contributed by atoms with van der Waals surface area (Å²) in [4.78, 5) is 32.6. The molecule has 0 radical (unpaired) electrons. The molecule has 0 unspecified atom stereocenters. The lowest BCUT2D eigenvalue weighted by Gasteiger charge is -2.18. The first-order chi connectivity index (χ1) is 15.1. The zero-order valence-electron chi connectivity index (χ0n) is 16.5. The summed E-state index contributed by atoms with van der Waals surface area (Å²) in [5.41, 5.74) is 2.45. The number of halogens is 1. The average Bonchev–Trinajstić information content (AvgIpc) is 3.44. The van der Waals surface area contributed by atoms with Gasteiger partial charge in [-0.1, -0.05) is 41.6 Å². The van der Waals surface area contributed by atoms with E-state index in [1.807, 2.05) is 24.3 Å². The molecule has 0 spiro atoms. The van der Waals surface area contributed by atoms with Crippen molar-refractivity contribution in [3.63, 3.8) is 0 Å². The molecule has 0 bridgehead atoms. The molecule has 31 heavy (non-hydrogen) atoms. The normalized spacial score (nSPS) is 13.0. The van der Waals surface area contributed by atoms with Crippen LogP contribution < -0.4 is 10.5 Å². The molecule has 3 heterocycles. The molecule has 8 heteroatoms. The van der Waals surface area contributed by atoms with Crippen LogP contribution in [-0.2, 0) is 17.8 Å². The van der Waals surface area contributed by atoms with Crippen LogP contribution >= 0.6 is 23.4 Å². The first kappa shape index (κ1) is 19.9. The Morgan fingerprint density at radius 1 is 1.16 bits per heavy atom. The summed E-state index contributed by atoms with van der Waals surface area (Å²) in [5, 5.41) is 1.43. The Bertz CT molecular complexity index is 1330. The second kappa shape index (κ2) is 8.24. The van der Waals surface area contributed by atoms with Gasteiger partial charge in [-0.25, -0.2) is 4.98 Å².